The van der Waals surface area contributed by atoms with Crippen LogP contribution in [0.25, 0.3) is 0 Å². The van der Waals surface area contributed by atoms with E-state index in [0.29, 0.717) is 17.3 Å². The van der Waals surface area contributed by atoms with E-state index in [-0.39, 0.29) is 0 Å². The van der Waals surface area contributed by atoms with Gasteiger partial charge in [-0.05, 0) is 42.8 Å². The van der Waals surface area contributed by atoms with Gasteiger partial charge in [0.05, 0.1) is 0 Å². The van der Waals surface area contributed by atoms with E-state index >= 15 is 0 Å². The maximum atomic E-state index is 13.3. The second-order valence-corrected chi connectivity index (χ2v) is 6.67. The topological polar surface area (TPSA) is 60.5 Å². The average Bonchev–Trinajstić information content (AvgIpc) is 2.58. The maximum Gasteiger partial charge on any atom is 0.542 e. The van der Waals surface area contributed by atoms with Gasteiger partial charge in [0.25, 0.3) is 0 Å². The molecule has 1 aromatic heterocycles. The fourth-order valence-electron chi connectivity index (χ4n) is 2.04. The Balaban J connectivity index is 1.91. The van der Waals surface area contributed by atoms with Crippen molar-refractivity contribution >= 4 is 13.6 Å². The smallest absolute Gasteiger partial charge is 0.400 e. The zero-order chi connectivity index (χ0) is 16.8. The normalized spacial score (nSPS) is 10.9. The highest BCUT2D eigenvalue weighted by atomic mass is 31.2. The number of hydrogen-bond acceptors (Lipinski definition) is 4. The van der Waals surface area contributed by atoms with Crippen molar-refractivity contribution in [3.8, 4) is 11.5 Å². The average molecular weight is 340 g/mol. The first-order valence-electron chi connectivity index (χ1n) is 7.44. The van der Waals surface area contributed by atoms with Crippen LogP contribution in [0.1, 0.15) is 5.56 Å². The van der Waals surface area contributed by atoms with Gasteiger partial charge in [0.15, 0.2) is 0 Å². The summed E-state index contributed by atoms with van der Waals surface area (Å²) >= 11 is 0. The third-order valence-corrected chi connectivity index (χ3v) is 4.58. The second kappa shape index (κ2) is 7.20. The lowest BCUT2D eigenvalue weighted by molar-refractivity contribution is 0.392. The van der Waals surface area contributed by atoms with Crippen LogP contribution < -0.4 is 14.1 Å². The Hall–Kier alpha value is -2.78. The van der Waals surface area contributed by atoms with Gasteiger partial charge in [0.2, 0.25) is 0 Å². The Labute approximate surface area is 140 Å². The van der Waals surface area contributed by atoms with Crippen LogP contribution in [0, 0.1) is 6.92 Å². The van der Waals surface area contributed by atoms with Crippen molar-refractivity contribution in [2.24, 2.45) is 0 Å². The lowest BCUT2D eigenvalue weighted by Gasteiger charge is -2.21. The lowest BCUT2D eigenvalue weighted by atomic mass is 10.3. The van der Waals surface area contributed by atoms with Crippen LogP contribution >= 0.6 is 7.75 Å². The molecular weight excluding hydrogens is 323 g/mol. The molecule has 0 saturated heterocycles. The summed E-state index contributed by atoms with van der Waals surface area (Å²) in [4.78, 5) is 4.20. The van der Waals surface area contributed by atoms with Crippen molar-refractivity contribution in [1.29, 1.82) is 0 Å². The molecule has 0 aliphatic rings. The molecule has 0 fully saturated rings. The molecule has 1 N–H and O–H groups in total. The first-order chi connectivity index (χ1) is 11.6. The lowest BCUT2D eigenvalue weighted by Crippen LogP contribution is -2.11. The largest absolute Gasteiger partial charge is 0.542 e. The summed E-state index contributed by atoms with van der Waals surface area (Å²) in [6, 6.07) is 21.4. The van der Waals surface area contributed by atoms with Gasteiger partial charge in [-0.3, -0.25) is 5.09 Å². The Bertz CT molecular complexity index is 796. The molecular formula is C18H17N2O3P. The van der Waals surface area contributed by atoms with Crippen LogP contribution in [0.3, 0.4) is 0 Å². The van der Waals surface area contributed by atoms with Crippen molar-refractivity contribution in [1.82, 2.24) is 4.98 Å². The summed E-state index contributed by atoms with van der Waals surface area (Å²) in [5.74, 6) is 1.34. The number of benzene rings is 2. The van der Waals surface area contributed by atoms with Gasteiger partial charge in [0.1, 0.15) is 17.3 Å². The number of pyridine rings is 1. The van der Waals surface area contributed by atoms with Crippen LogP contribution in [-0.4, -0.2) is 4.98 Å². The van der Waals surface area contributed by atoms with Gasteiger partial charge < -0.3 is 9.05 Å². The summed E-state index contributed by atoms with van der Waals surface area (Å²) in [5, 5.41) is 2.82. The molecule has 3 rings (SSSR count). The summed E-state index contributed by atoms with van der Waals surface area (Å²) in [5.41, 5.74) is 0.839. The molecule has 1 heterocycles. The van der Waals surface area contributed by atoms with Crippen LogP contribution in [0.5, 0.6) is 11.5 Å². The fourth-order valence-corrected chi connectivity index (χ4v) is 3.46. The Morgan fingerprint density at radius 1 is 0.833 bits per heavy atom. The Morgan fingerprint density at radius 3 is 1.88 bits per heavy atom. The molecule has 6 heteroatoms. The fraction of sp³-hybridized carbons (Fsp3) is 0.0556. The molecule has 2 aromatic carbocycles. The number of hydrogen-bond donors (Lipinski definition) is 1. The van der Waals surface area contributed by atoms with Gasteiger partial charge >= 0.3 is 7.75 Å². The van der Waals surface area contributed by atoms with Crippen molar-refractivity contribution in [3.63, 3.8) is 0 Å². The molecule has 24 heavy (non-hydrogen) atoms. The molecule has 0 bridgehead atoms. The third kappa shape index (κ3) is 4.15. The summed E-state index contributed by atoms with van der Waals surface area (Å²) < 4.78 is 24.6. The van der Waals surface area contributed by atoms with E-state index < -0.39 is 7.75 Å². The Kier molecular flexibility index (Phi) is 4.82. The van der Waals surface area contributed by atoms with Crippen LogP contribution in [0.15, 0.2) is 79.0 Å². The van der Waals surface area contributed by atoms with E-state index in [1.165, 1.54) is 0 Å². The molecule has 5 nitrogen and oxygen atoms in total. The van der Waals surface area contributed by atoms with Crippen molar-refractivity contribution < 1.29 is 13.6 Å². The number of anilines is 1. The second-order valence-electron chi connectivity index (χ2n) is 5.09. The molecule has 3 aromatic rings. The van der Waals surface area contributed by atoms with E-state index in [9.17, 15) is 4.57 Å². The van der Waals surface area contributed by atoms with Gasteiger partial charge in [-0.2, -0.15) is 0 Å². The number of nitrogens with zero attached hydrogens (tertiary/aromatic N) is 1. The quantitative estimate of drug-likeness (QED) is 0.635. The van der Waals surface area contributed by atoms with Crippen LogP contribution in [-0.2, 0) is 4.57 Å². The van der Waals surface area contributed by atoms with Crippen LogP contribution in [0.2, 0.25) is 0 Å². The molecule has 0 amide bonds. The van der Waals surface area contributed by atoms with Gasteiger partial charge in [-0.25, -0.2) is 9.55 Å². The highest BCUT2D eigenvalue weighted by Gasteiger charge is 2.30. The zero-order valence-corrected chi connectivity index (χ0v) is 14.0. The predicted molar refractivity (Wildman–Crippen MR) is 94.3 cm³/mol. The van der Waals surface area contributed by atoms with E-state index in [4.69, 9.17) is 9.05 Å². The van der Waals surface area contributed by atoms with Crippen molar-refractivity contribution in [2.45, 2.75) is 6.92 Å². The Morgan fingerprint density at radius 2 is 1.38 bits per heavy atom. The number of para-hydroxylation sites is 2. The minimum absolute atomic E-state index is 0.442. The van der Waals surface area contributed by atoms with E-state index in [2.05, 4.69) is 10.1 Å². The summed E-state index contributed by atoms with van der Waals surface area (Å²) in [6.45, 7) is 1.87. The van der Waals surface area contributed by atoms with E-state index in [1.807, 2.05) is 31.2 Å². The number of nitrogens with one attached hydrogen (secondary N) is 1. The first kappa shape index (κ1) is 16.1. The molecule has 0 aliphatic heterocycles. The first-order valence-corrected chi connectivity index (χ1v) is 8.98. The molecule has 0 radical (unpaired) electrons. The minimum Gasteiger partial charge on any atom is -0.400 e. The van der Waals surface area contributed by atoms with Crippen molar-refractivity contribution in [3.05, 3.63) is 84.6 Å². The van der Waals surface area contributed by atoms with Crippen LogP contribution in [0.4, 0.5) is 5.82 Å². The summed E-state index contributed by atoms with van der Waals surface area (Å²) in [7, 11) is -3.72. The van der Waals surface area contributed by atoms with Gasteiger partial charge in [0, 0.05) is 6.20 Å². The molecule has 0 atom stereocenters. The number of aryl methyl sites for hydroxylation is 1. The number of rotatable bonds is 6. The SMILES string of the molecule is Cc1cccnc1NP(=O)(Oc1ccccc1)Oc1ccccc1. The van der Waals surface area contributed by atoms with E-state index in [1.54, 1.807) is 54.7 Å². The van der Waals surface area contributed by atoms with Gasteiger partial charge in [-0.15, -0.1) is 0 Å². The molecule has 0 spiro atoms. The van der Waals surface area contributed by atoms with Crippen molar-refractivity contribution in [2.75, 3.05) is 5.09 Å². The third-order valence-electron chi connectivity index (χ3n) is 3.19. The van der Waals surface area contributed by atoms with E-state index in [0.717, 1.165) is 5.56 Å². The molecule has 0 aliphatic carbocycles. The monoisotopic (exact) mass is 340 g/mol. The molecule has 122 valence electrons. The highest BCUT2D eigenvalue weighted by molar-refractivity contribution is 7.56. The van der Waals surface area contributed by atoms with Gasteiger partial charge in [-0.1, -0.05) is 42.5 Å². The predicted octanol–water partition coefficient (Wildman–Crippen LogP) is 5.07. The molecule has 0 unspecified atom stereocenters. The summed E-state index contributed by atoms with van der Waals surface area (Å²) in [6.07, 6.45) is 1.62. The standard InChI is InChI=1S/C18H17N2O3P/c1-15-9-8-14-19-18(15)20-24(21,22-16-10-4-2-5-11-16)23-17-12-6-3-7-13-17/h2-14H,1H3,(H,19,20,21). The number of aromatic nitrogens is 1. The zero-order valence-electron chi connectivity index (χ0n) is 13.1. The minimum atomic E-state index is -3.72. The highest BCUT2D eigenvalue weighted by Crippen LogP contribution is 2.48. The molecule has 0 saturated carbocycles. The maximum absolute atomic E-state index is 13.3.